The number of nitrogens with zero attached hydrogens (tertiary/aromatic N) is 60. The first-order valence-electron chi connectivity index (χ1n) is 12.3. The fourth-order valence-corrected chi connectivity index (χ4v) is 1.05. The van der Waals surface area contributed by atoms with Crippen molar-refractivity contribution in [2.75, 3.05) is 0 Å². The lowest BCUT2D eigenvalue weighted by Gasteiger charge is -1.70. The van der Waals surface area contributed by atoms with Crippen LogP contribution in [0, 0.1) is 0 Å². The number of hydrogen-bond acceptors (Lipinski definition) is 2. The molecule has 62 nitrogen and oxygen atoms in total. The Morgan fingerprint density at radius 2 is 0.129 bits per heavy atom. The molecule has 0 fully saturated rings. The van der Waals surface area contributed by atoms with Gasteiger partial charge in [0.05, 0.1) is 0 Å². The summed E-state index contributed by atoms with van der Waals surface area (Å²) in [7, 11) is 0. The van der Waals surface area contributed by atoms with Crippen molar-refractivity contribution in [2.45, 2.75) is 0 Å². The van der Waals surface area contributed by atoms with Crippen molar-refractivity contribution in [3.63, 3.8) is 0 Å². The van der Waals surface area contributed by atoms with Crippen LogP contribution in [0.5, 0.6) is 0 Å². The molecule has 0 aliphatic carbocycles. The van der Waals surface area contributed by atoms with Gasteiger partial charge in [-0.1, -0.05) is 10.4 Å². The van der Waals surface area contributed by atoms with E-state index in [2.05, 4.69) is 325 Å². The Labute approximate surface area is 326 Å². The van der Waals surface area contributed by atoms with E-state index in [1.807, 2.05) is 0 Å². The Morgan fingerprint density at radius 1 is 0.0806 bits per heavy atom. The van der Waals surface area contributed by atoms with Gasteiger partial charge in [-0.15, -0.1) is 0 Å². The van der Waals surface area contributed by atoms with Crippen LogP contribution in [-0.2, 0) is 0 Å². The number of hydrogen-bond donors (Lipinski definition) is 2. The van der Waals surface area contributed by atoms with Gasteiger partial charge in [-0.3, -0.25) is 0 Å². The summed E-state index contributed by atoms with van der Waals surface area (Å²) >= 11 is 0. The van der Waals surface area contributed by atoms with Gasteiger partial charge < -0.3 is 11.7 Å². The average Bonchev–Trinajstić information content (AvgIpc) is 3.28. The van der Waals surface area contributed by atoms with E-state index in [1.54, 1.807) is 0 Å². The van der Waals surface area contributed by atoms with Crippen molar-refractivity contribution in [2.24, 2.45) is 325 Å². The fraction of sp³-hybridized carbons (Fsp3) is 0. The van der Waals surface area contributed by atoms with Crippen LogP contribution >= 0.6 is 0 Å². The van der Waals surface area contributed by atoms with Crippen LogP contribution in [0.15, 0.2) is 313 Å². The highest BCUT2D eigenvalue weighted by Gasteiger charge is 1.76. The standard InChI is InChI=1S/H4N62/c1-3-5-7-9-11-13-15-17-19-21-23-25-27-29-31-33-35-37-39-41-43-45-47-49-51-53-55-57-59-61-62-60-58-56-54-52-50-48-46-44-42-40-38-36-34-32-30-28-26-24-22-20-18-16-14-12-10-8-6-4-2/h(H2,1,4,5,8,9,12,13,16,17,20,21,24,25,28,29,32,33,36,37,40,41,44,45,48,49,52,53,56,57,60,61)(H2,2,3,6,7,10,11,14,15,18,19,22,23,26,27,30,31,34,35,38,39,42,43,46,47,50,51,54,55,58,59,62). The minimum absolute atomic E-state index is 2.75. The molecule has 0 saturated carbocycles. The molecule has 0 aromatic heterocycles. The summed E-state index contributed by atoms with van der Waals surface area (Å²) in [5.41, 5.74) is 0. The lowest BCUT2D eigenvalue weighted by molar-refractivity contribution is 0.724. The van der Waals surface area contributed by atoms with Gasteiger partial charge in [-0.05, 0) is 73.1 Å². The molecule has 0 aromatic carbocycles. The van der Waals surface area contributed by atoms with Gasteiger partial charge in [0.15, 0.2) is 0 Å². The summed E-state index contributed by atoms with van der Waals surface area (Å²) < 4.78 is 0. The first-order chi connectivity index (χ1) is 30.9. The third-order valence-corrected chi connectivity index (χ3v) is 2.38. The third kappa shape index (κ3) is 47.6. The highest BCUT2D eigenvalue weighted by Crippen LogP contribution is 1.94. The van der Waals surface area contributed by atoms with E-state index in [0.717, 1.165) is 0 Å². The van der Waals surface area contributed by atoms with E-state index in [-0.39, 0.29) is 0 Å². The highest BCUT2D eigenvalue weighted by molar-refractivity contribution is 4.19. The van der Waals surface area contributed by atoms with E-state index in [9.17, 15) is 0 Å². The second kappa shape index (κ2) is 48.6. The largest absolute Gasteiger partial charge is 0.303 e. The topological polar surface area (TPSA) is 794 Å². The second-order valence-corrected chi connectivity index (χ2v) is 5.42. The summed E-state index contributed by atoms with van der Waals surface area (Å²) in [5, 5.41) is 179. The maximum atomic E-state index is 4.63. The van der Waals surface area contributed by atoms with E-state index in [0.29, 0.717) is 0 Å². The number of nitrogens with two attached hydrogens (primary N) is 2. The smallest absolute Gasteiger partial charge is 0 e. The van der Waals surface area contributed by atoms with Crippen molar-refractivity contribution >= 4 is 0 Å². The molecule has 0 aliphatic heterocycles. The van der Waals surface area contributed by atoms with E-state index in [4.69, 9.17) is 0 Å². The first-order valence-corrected chi connectivity index (χ1v) is 12.3. The zero-order chi connectivity index (χ0) is 44.4. The highest BCUT2D eigenvalue weighted by atomic mass is 15.8. The van der Waals surface area contributed by atoms with Gasteiger partial charge in [0.1, 0.15) is 0 Å². The average molecular weight is 872 g/mol. The molecular weight excluding hydrogens is 868 g/mol. The van der Waals surface area contributed by atoms with E-state index >= 15 is 0 Å². The fourth-order valence-electron chi connectivity index (χ4n) is 1.05. The zero-order valence-electron chi connectivity index (χ0n) is 28.0. The molecule has 0 saturated heterocycles. The van der Waals surface area contributed by atoms with Crippen molar-refractivity contribution in [1.29, 1.82) is 0 Å². The Bertz CT molecular complexity index is 1900. The lowest BCUT2D eigenvalue weighted by Crippen LogP contribution is -1.70. The Balaban J connectivity index is 4.08. The van der Waals surface area contributed by atoms with Crippen LogP contribution < -0.4 is 11.7 Å². The monoisotopic (exact) mass is 872 g/mol. The second-order valence-electron chi connectivity index (χ2n) is 5.42. The van der Waals surface area contributed by atoms with E-state index in [1.165, 1.54) is 0 Å². The molecule has 0 aromatic rings. The van der Waals surface area contributed by atoms with E-state index < -0.39 is 0 Å². The molecular formula is H4N62. The van der Waals surface area contributed by atoms with Gasteiger partial charge in [0.25, 0.3) is 0 Å². The summed E-state index contributed by atoms with van der Waals surface area (Å²) in [6.07, 6.45) is 0. The molecule has 0 atom stereocenters. The van der Waals surface area contributed by atoms with Crippen LogP contribution in [0.25, 0.3) is 0 Å². The molecule has 0 aliphatic rings. The van der Waals surface area contributed by atoms with Gasteiger partial charge in [0.2, 0.25) is 0 Å². The molecule has 0 spiro atoms. The molecule has 62 heavy (non-hydrogen) atoms. The van der Waals surface area contributed by atoms with Gasteiger partial charge in [0, 0.05) is 230 Å². The maximum Gasteiger partial charge on any atom is 0 e. The summed E-state index contributed by atoms with van der Waals surface area (Å²) in [5.74, 6) is 9.26. The van der Waals surface area contributed by atoms with Crippen LogP contribution in [0.3, 0.4) is 0 Å². The predicted molar refractivity (Wildman–Crippen MR) is 154 cm³/mol. The molecule has 0 amide bonds. The Morgan fingerprint density at radius 3 is 0.177 bits per heavy atom. The number of rotatable bonds is 29. The first kappa shape index (κ1) is 49.6. The van der Waals surface area contributed by atoms with Crippen LogP contribution in [0.1, 0.15) is 0 Å². The van der Waals surface area contributed by atoms with Crippen molar-refractivity contribution in [3.8, 4) is 0 Å². The molecule has 314 valence electrons. The van der Waals surface area contributed by atoms with Crippen LogP contribution in [0.2, 0.25) is 0 Å². The summed E-state index contributed by atoms with van der Waals surface area (Å²) in [6.45, 7) is 0. The minimum Gasteiger partial charge on any atom is -0.303 e. The minimum atomic E-state index is 2.75. The maximum absolute atomic E-state index is 4.63. The summed E-state index contributed by atoms with van der Waals surface area (Å²) in [6, 6.07) is 0. The molecule has 0 unspecified atom stereocenters. The quantitative estimate of drug-likeness (QED) is 0.0421. The Hall–Kier alpha value is -12.4. The molecule has 0 rings (SSSR count). The lowest BCUT2D eigenvalue weighted by atomic mass is 12.3. The SMILES string of the molecule is N/N=N/N=N/N=N/N=N/N=N/N=N/N=N/N=N/N=N/N=N/N=N/N=N/N=N/N=N/N=N/N=N/N=N/N=N/N=N/N=N/N=N/N=N/N=N/N=N/N=N/N=N/N=N/N=N/N=N/N=N/N. The predicted octanol–water partition coefficient (Wildman–Crippen LogP) is 9.83. The molecule has 4 N–H and O–H groups in total. The molecule has 0 radical (unpaired) electrons. The van der Waals surface area contributed by atoms with Crippen molar-refractivity contribution < 1.29 is 0 Å². The normalized spacial score (nSPS) is 15.5. The zero-order valence-corrected chi connectivity index (χ0v) is 28.0. The molecule has 0 heterocycles. The van der Waals surface area contributed by atoms with Crippen LogP contribution in [0.4, 0.5) is 0 Å². The third-order valence-electron chi connectivity index (χ3n) is 2.38. The van der Waals surface area contributed by atoms with Crippen molar-refractivity contribution in [1.82, 2.24) is 0 Å². The van der Waals surface area contributed by atoms with Crippen molar-refractivity contribution in [3.05, 3.63) is 0 Å². The van der Waals surface area contributed by atoms with Gasteiger partial charge >= 0.3 is 0 Å². The van der Waals surface area contributed by atoms with Crippen LogP contribution in [-0.4, -0.2) is 0 Å². The Kier molecular flexibility index (Phi) is 38.9. The molecule has 62 heteroatoms. The molecule has 0 bridgehead atoms. The summed E-state index contributed by atoms with van der Waals surface area (Å²) in [4.78, 5) is 0. The van der Waals surface area contributed by atoms with Gasteiger partial charge in [-0.2, -0.15) is 0 Å². The van der Waals surface area contributed by atoms with Gasteiger partial charge in [-0.25, -0.2) is 0 Å².